The normalized spacial score (nSPS) is 11.4. The Labute approximate surface area is 202 Å². The summed E-state index contributed by atoms with van der Waals surface area (Å²) in [5.41, 5.74) is 7.27. The van der Waals surface area contributed by atoms with Gasteiger partial charge in [0.25, 0.3) is 0 Å². The Morgan fingerprint density at radius 3 is 2.66 bits per heavy atom. The van der Waals surface area contributed by atoms with Gasteiger partial charge in [-0.05, 0) is 29.8 Å². The summed E-state index contributed by atoms with van der Waals surface area (Å²) in [7, 11) is 0. The summed E-state index contributed by atoms with van der Waals surface area (Å²) in [5.74, 6) is 1.23. The second kappa shape index (κ2) is 7.93. The van der Waals surface area contributed by atoms with E-state index in [4.69, 9.17) is 14.4 Å². The third kappa shape index (κ3) is 3.54. The molecule has 0 aliphatic heterocycles. The summed E-state index contributed by atoms with van der Waals surface area (Å²) in [6.07, 6.45) is 7.11. The van der Waals surface area contributed by atoms with E-state index in [1.165, 1.54) is 0 Å². The highest BCUT2D eigenvalue weighted by atomic mass is 32.1. The van der Waals surface area contributed by atoms with E-state index < -0.39 is 0 Å². The molecule has 5 aromatic heterocycles. The predicted octanol–water partition coefficient (Wildman–Crippen LogP) is 6.63. The van der Waals surface area contributed by atoms with Crippen molar-refractivity contribution in [1.82, 2.24) is 30.1 Å². The molecule has 0 spiro atoms. The average molecular weight is 476 g/mol. The van der Waals surface area contributed by atoms with Gasteiger partial charge in [0, 0.05) is 51.6 Å². The lowest BCUT2D eigenvalue weighted by atomic mass is 10.1. The first kappa shape index (κ1) is 19.7. The minimum atomic E-state index is 0.611. The first-order valence-electron chi connectivity index (χ1n) is 10.9. The van der Waals surface area contributed by atoms with E-state index in [9.17, 15) is 0 Å². The summed E-state index contributed by atoms with van der Waals surface area (Å²) in [5, 5.41) is 14.3. The maximum absolute atomic E-state index is 5.70. The van der Waals surface area contributed by atoms with Crippen LogP contribution in [0.4, 0.5) is 11.5 Å². The van der Waals surface area contributed by atoms with Crippen molar-refractivity contribution in [2.24, 2.45) is 0 Å². The van der Waals surface area contributed by atoms with Crippen molar-refractivity contribution in [2.75, 3.05) is 5.32 Å². The largest absolute Gasteiger partial charge is 0.459 e. The molecule has 2 aromatic carbocycles. The highest BCUT2D eigenvalue weighted by Crippen LogP contribution is 2.32. The van der Waals surface area contributed by atoms with Crippen LogP contribution in [-0.2, 0) is 0 Å². The number of thiazole rings is 1. The molecule has 0 aliphatic rings. The molecule has 0 radical (unpaired) electrons. The number of furan rings is 1. The summed E-state index contributed by atoms with van der Waals surface area (Å²) >= 11 is 1.61. The molecule has 168 valence electrons. The summed E-state index contributed by atoms with van der Waals surface area (Å²) in [6, 6.07) is 18.2. The van der Waals surface area contributed by atoms with Gasteiger partial charge < -0.3 is 14.7 Å². The Morgan fingerprint density at radius 1 is 0.914 bits per heavy atom. The van der Waals surface area contributed by atoms with Crippen LogP contribution in [0.25, 0.3) is 55.2 Å². The molecule has 0 saturated carbocycles. The number of hydrogen-bond donors (Lipinski definition) is 3. The average Bonchev–Trinajstić information content (AvgIpc) is 3.69. The Kier molecular flexibility index (Phi) is 4.46. The molecule has 3 N–H and O–H groups in total. The van der Waals surface area contributed by atoms with E-state index >= 15 is 0 Å². The number of aromatic amines is 2. The first-order chi connectivity index (χ1) is 17.3. The number of anilines is 2. The van der Waals surface area contributed by atoms with Crippen LogP contribution in [0, 0.1) is 0 Å². The number of benzene rings is 2. The van der Waals surface area contributed by atoms with Gasteiger partial charge in [-0.1, -0.05) is 24.3 Å². The molecule has 9 heteroatoms. The van der Waals surface area contributed by atoms with Gasteiger partial charge in [-0.25, -0.2) is 15.0 Å². The molecule has 35 heavy (non-hydrogen) atoms. The van der Waals surface area contributed by atoms with E-state index in [1.54, 1.807) is 23.8 Å². The number of aromatic nitrogens is 6. The minimum absolute atomic E-state index is 0.611. The predicted molar refractivity (Wildman–Crippen MR) is 138 cm³/mol. The zero-order valence-electron chi connectivity index (χ0n) is 18.2. The van der Waals surface area contributed by atoms with Crippen LogP contribution in [0.2, 0.25) is 0 Å². The smallest absolute Gasteiger partial charge is 0.194 e. The fraction of sp³-hybridized carbons (Fsp3) is 0. The maximum Gasteiger partial charge on any atom is 0.194 e. The summed E-state index contributed by atoms with van der Waals surface area (Å²) in [4.78, 5) is 17.4. The topological polar surface area (TPSA) is 108 Å². The third-order valence-corrected chi connectivity index (χ3v) is 6.63. The van der Waals surface area contributed by atoms with Crippen molar-refractivity contribution < 1.29 is 4.42 Å². The number of rotatable bonds is 5. The SMILES string of the molecule is c1csc(-c2cc3ccc(-c4nc(Nc5ccc(-c6cn[nH]c6)cc5)c5occc5n4)cc3[nH]2)n1. The first-order valence-corrected chi connectivity index (χ1v) is 11.8. The van der Waals surface area contributed by atoms with E-state index in [-0.39, 0.29) is 0 Å². The van der Waals surface area contributed by atoms with Gasteiger partial charge in [-0.2, -0.15) is 5.10 Å². The summed E-state index contributed by atoms with van der Waals surface area (Å²) in [6.45, 7) is 0. The number of hydrogen-bond acceptors (Lipinski definition) is 7. The maximum atomic E-state index is 5.70. The van der Waals surface area contributed by atoms with Crippen molar-refractivity contribution in [1.29, 1.82) is 0 Å². The number of fused-ring (bicyclic) bond motifs is 2. The Morgan fingerprint density at radius 2 is 1.83 bits per heavy atom. The molecule has 0 fully saturated rings. The zero-order valence-corrected chi connectivity index (χ0v) is 19.0. The molecule has 0 amide bonds. The van der Waals surface area contributed by atoms with Crippen molar-refractivity contribution in [3.63, 3.8) is 0 Å². The van der Waals surface area contributed by atoms with Crippen molar-refractivity contribution >= 4 is 44.8 Å². The second-order valence-corrected chi connectivity index (χ2v) is 8.94. The molecule has 0 unspecified atom stereocenters. The lowest BCUT2D eigenvalue weighted by molar-refractivity contribution is 0.615. The zero-order chi connectivity index (χ0) is 23.2. The number of nitrogens with one attached hydrogen (secondary N) is 3. The lowest BCUT2D eigenvalue weighted by Crippen LogP contribution is -1.98. The van der Waals surface area contributed by atoms with Crippen molar-refractivity contribution in [3.05, 3.63) is 84.8 Å². The van der Waals surface area contributed by atoms with Crippen molar-refractivity contribution in [3.8, 4) is 33.2 Å². The lowest BCUT2D eigenvalue weighted by Gasteiger charge is -2.09. The molecular weight excluding hydrogens is 458 g/mol. The van der Waals surface area contributed by atoms with Crippen LogP contribution in [0.3, 0.4) is 0 Å². The van der Waals surface area contributed by atoms with Crippen LogP contribution < -0.4 is 5.32 Å². The van der Waals surface area contributed by atoms with Crippen molar-refractivity contribution in [2.45, 2.75) is 0 Å². The van der Waals surface area contributed by atoms with E-state index in [1.807, 2.05) is 54.2 Å². The van der Waals surface area contributed by atoms with Crippen LogP contribution >= 0.6 is 11.3 Å². The highest BCUT2D eigenvalue weighted by Gasteiger charge is 2.14. The van der Waals surface area contributed by atoms with Crippen LogP contribution in [0.15, 0.2) is 89.2 Å². The molecule has 7 rings (SSSR count). The van der Waals surface area contributed by atoms with Gasteiger partial charge in [0.1, 0.15) is 10.5 Å². The second-order valence-electron chi connectivity index (χ2n) is 8.04. The Bertz CT molecular complexity index is 1760. The van der Waals surface area contributed by atoms with Crippen LogP contribution in [0.5, 0.6) is 0 Å². The third-order valence-electron chi connectivity index (χ3n) is 5.83. The number of nitrogens with zero attached hydrogens (tertiary/aromatic N) is 4. The molecule has 0 saturated heterocycles. The minimum Gasteiger partial charge on any atom is -0.459 e. The quantitative estimate of drug-likeness (QED) is 0.258. The molecule has 0 bridgehead atoms. The highest BCUT2D eigenvalue weighted by molar-refractivity contribution is 7.13. The van der Waals surface area contributed by atoms with Gasteiger partial charge in [0.05, 0.1) is 18.2 Å². The van der Waals surface area contributed by atoms with Crippen LogP contribution in [0.1, 0.15) is 0 Å². The van der Waals surface area contributed by atoms with Gasteiger partial charge in [-0.3, -0.25) is 5.10 Å². The van der Waals surface area contributed by atoms with E-state index in [2.05, 4.69) is 43.7 Å². The van der Waals surface area contributed by atoms with Crippen LogP contribution in [-0.4, -0.2) is 30.1 Å². The number of H-pyrrole nitrogens is 2. The van der Waals surface area contributed by atoms with Gasteiger partial charge in [0.2, 0.25) is 0 Å². The molecule has 8 nitrogen and oxygen atoms in total. The van der Waals surface area contributed by atoms with E-state index in [0.29, 0.717) is 17.2 Å². The van der Waals surface area contributed by atoms with E-state index in [0.717, 1.165) is 49.5 Å². The molecule has 5 heterocycles. The fourth-order valence-corrected chi connectivity index (χ4v) is 4.72. The molecule has 0 atom stereocenters. The van der Waals surface area contributed by atoms with Gasteiger partial charge in [-0.15, -0.1) is 11.3 Å². The molecule has 0 aliphatic carbocycles. The monoisotopic (exact) mass is 475 g/mol. The van der Waals surface area contributed by atoms with Gasteiger partial charge in [0.15, 0.2) is 17.2 Å². The Balaban J connectivity index is 1.25. The van der Waals surface area contributed by atoms with Gasteiger partial charge >= 0.3 is 0 Å². The standard InChI is InChI=1S/C26H17N7OS/c1-2-17(12-21-16(1)11-22(31-21)26-27-8-10-35-26)24-32-20-7-9-34-23(20)25(33-24)30-19-5-3-15(4-6-19)18-13-28-29-14-18/h1-14,31H,(H,28,29)(H,30,32,33). The molecular formula is C26H17N7OS. The molecule has 7 aromatic rings. The fourth-order valence-electron chi connectivity index (χ4n) is 4.11. The summed E-state index contributed by atoms with van der Waals surface area (Å²) < 4.78 is 5.70. The Hall–Kier alpha value is -4.76.